The molecule has 0 bridgehead atoms. The zero-order valence-corrected chi connectivity index (χ0v) is 17.3. The lowest BCUT2D eigenvalue weighted by Crippen LogP contribution is -2.43. The average Bonchev–Trinajstić information content (AvgIpc) is 2.64. The number of benzene rings is 1. The highest BCUT2D eigenvalue weighted by molar-refractivity contribution is 7.89. The van der Waals surface area contributed by atoms with E-state index in [9.17, 15) is 8.42 Å². The Morgan fingerprint density at radius 1 is 1.38 bits per heavy atom. The Kier molecular flexibility index (Phi) is 8.67. The van der Waals surface area contributed by atoms with E-state index in [1.807, 2.05) is 6.07 Å². The average molecular weight is 403 g/mol. The van der Waals surface area contributed by atoms with E-state index in [-0.39, 0.29) is 5.75 Å². The highest BCUT2D eigenvalue weighted by Crippen LogP contribution is 2.29. The number of fused-ring (bicyclic) bond motifs is 1. The summed E-state index contributed by atoms with van der Waals surface area (Å²) in [4.78, 5) is 0. The van der Waals surface area contributed by atoms with Gasteiger partial charge in [-0.05, 0) is 55.7 Å². The molecule has 26 heavy (non-hydrogen) atoms. The maximum atomic E-state index is 11.9. The summed E-state index contributed by atoms with van der Waals surface area (Å²) >= 11 is 5.57. The third-order valence-corrected chi connectivity index (χ3v) is 6.73. The van der Waals surface area contributed by atoms with Crippen molar-refractivity contribution < 1.29 is 13.2 Å². The summed E-state index contributed by atoms with van der Waals surface area (Å²) in [6.07, 6.45) is 5.33. The normalized spacial score (nSPS) is 18.3. The van der Waals surface area contributed by atoms with Gasteiger partial charge in [0.1, 0.15) is 5.75 Å². The summed E-state index contributed by atoms with van der Waals surface area (Å²) in [6, 6.07) is 6.95. The molecule has 1 aliphatic carbocycles. The van der Waals surface area contributed by atoms with Crippen LogP contribution < -0.4 is 14.8 Å². The highest BCUT2D eigenvalue weighted by atomic mass is 35.5. The lowest BCUT2D eigenvalue weighted by atomic mass is 9.87. The summed E-state index contributed by atoms with van der Waals surface area (Å²) in [5, 5.41) is 3.72. The number of rotatable bonds is 11. The monoisotopic (exact) mass is 402 g/mol. The molecule has 1 aliphatic rings. The molecule has 0 heterocycles. The second kappa shape index (κ2) is 10.5. The molecule has 1 aromatic carbocycles. The van der Waals surface area contributed by atoms with E-state index in [4.69, 9.17) is 16.3 Å². The maximum absolute atomic E-state index is 11.9. The van der Waals surface area contributed by atoms with Gasteiger partial charge in [0.2, 0.25) is 10.0 Å². The Morgan fingerprint density at radius 2 is 2.19 bits per heavy atom. The van der Waals surface area contributed by atoms with Crippen LogP contribution in [0.25, 0.3) is 0 Å². The van der Waals surface area contributed by atoms with Crippen LogP contribution in [-0.4, -0.2) is 45.8 Å². The Bertz CT molecular complexity index is 652. The van der Waals surface area contributed by atoms with E-state index >= 15 is 0 Å². The Morgan fingerprint density at radius 3 is 2.88 bits per heavy atom. The largest absolute Gasteiger partial charge is 0.496 e. The lowest BCUT2D eigenvalue weighted by Gasteiger charge is -2.30. The molecule has 0 saturated heterocycles. The fraction of sp³-hybridized carbons (Fsp3) is 0.684. The minimum atomic E-state index is -3.21. The molecule has 2 atom stereocenters. The Labute approximate surface area is 162 Å². The van der Waals surface area contributed by atoms with Crippen LogP contribution in [0.15, 0.2) is 18.2 Å². The molecule has 2 N–H and O–H groups in total. The van der Waals surface area contributed by atoms with Crippen LogP contribution in [0.2, 0.25) is 0 Å². The van der Waals surface area contributed by atoms with Gasteiger partial charge in [-0.1, -0.05) is 19.1 Å². The molecule has 5 nitrogen and oxygen atoms in total. The third-order valence-electron chi connectivity index (χ3n) is 4.99. The minimum absolute atomic E-state index is 0.0971. The molecule has 7 heteroatoms. The second-order valence-electron chi connectivity index (χ2n) is 6.85. The van der Waals surface area contributed by atoms with E-state index in [1.54, 1.807) is 7.11 Å². The SMILES string of the molecule is CCC(CCNS(=O)(=O)CCCCl)NC1CCc2cccc(OC)c2C1. The van der Waals surface area contributed by atoms with Crippen molar-refractivity contribution in [2.75, 3.05) is 25.3 Å². The van der Waals surface area contributed by atoms with Gasteiger partial charge >= 0.3 is 0 Å². The predicted octanol–water partition coefficient (Wildman–Crippen LogP) is 2.86. The number of hydrogen-bond acceptors (Lipinski definition) is 4. The Hall–Kier alpha value is -0.820. The fourth-order valence-corrected chi connectivity index (χ4v) is 4.92. The van der Waals surface area contributed by atoms with Gasteiger partial charge in [-0.3, -0.25) is 0 Å². The molecule has 0 fully saturated rings. The van der Waals surface area contributed by atoms with Crippen LogP contribution >= 0.6 is 11.6 Å². The van der Waals surface area contributed by atoms with E-state index in [1.165, 1.54) is 11.1 Å². The van der Waals surface area contributed by atoms with Crippen molar-refractivity contribution in [3.8, 4) is 5.75 Å². The first-order valence-corrected chi connectivity index (χ1v) is 11.6. The predicted molar refractivity (Wildman–Crippen MR) is 108 cm³/mol. The number of aryl methyl sites for hydroxylation is 1. The number of halogens is 1. The first-order valence-electron chi connectivity index (χ1n) is 9.43. The van der Waals surface area contributed by atoms with Crippen LogP contribution in [0, 0.1) is 0 Å². The van der Waals surface area contributed by atoms with Gasteiger partial charge in [-0.2, -0.15) is 0 Å². The van der Waals surface area contributed by atoms with Crippen LogP contribution in [-0.2, 0) is 22.9 Å². The lowest BCUT2D eigenvalue weighted by molar-refractivity contribution is 0.359. The van der Waals surface area contributed by atoms with Crippen LogP contribution in [0.1, 0.15) is 43.7 Å². The summed E-state index contributed by atoms with van der Waals surface area (Å²) in [7, 11) is -1.49. The van der Waals surface area contributed by atoms with Gasteiger partial charge < -0.3 is 10.1 Å². The van der Waals surface area contributed by atoms with E-state index in [0.717, 1.165) is 37.9 Å². The van der Waals surface area contributed by atoms with Gasteiger partial charge in [-0.25, -0.2) is 13.1 Å². The highest BCUT2D eigenvalue weighted by Gasteiger charge is 2.23. The molecule has 0 radical (unpaired) electrons. The van der Waals surface area contributed by atoms with Crippen molar-refractivity contribution in [3.05, 3.63) is 29.3 Å². The number of hydrogen-bond donors (Lipinski definition) is 2. The molecule has 0 aromatic heterocycles. The number of ether oxygens (including phenoxy) is 1. The zero-order valence-electron chi connectivity index (χ0n) is 15.8. The molecule has 0 saturated carbocycles. The summed E-state index contributed by atoms with van der Waals surface area (Å²) in [5.41, 5.74) is 2.68. The first kappa shape index (κ1) is 21.5. The molecule has 0 amide bonds. The van der Waals surface area contributed by atoms with Gasteiger partial charge in [-0.15, -0.1) is 11.6 Å². The van der Waals surface area contributed by atoms with Gasteiger partial charge in [0.25, 0.3) is 0 Å². The minimum Gasteiger partial charge on any atom is -0.496 e. The van der Waals surface area contributed by atoms with Gasteiger partial charge in [0, 0.05) is 24.5 Å². The molecule has 148 valence electrons. The molecule has 2 unspecified atom stereocenters. The quantitative estimate of drug-likeness (QED) is 0.558. The Balaban J connectivity index is 1.85. The topological polar surface area (TPSA) is 67.4 Å². The molecule has 0 aliphatic heterocycles. The van der Waals surface area contributed by atoms with E-state index in [2.05, 4.69) is 29.1 Å². The van der Waals surface area contributed by atoms with Crippen molar-refractivity contribution in [2.45, 2.75) is 57.5 Å². The number of methoxy groups -OCH3 is 1. The number of alkyl halides is 1. The molecular weight excluding hydrogens is 372 g/mol. The van der Waals surface area contributed by atoms with Gasteiger partial charge in [0.05, 0.1) is 12.9 Å². The zero-order chi connectivity index (χ0) is 19.0. The van der Waals surface area contributed by atoms with E-state index in [0.29, 0.717) is 30.9 Å². The third kappa shape index (κ3) is 6.41. The fourth-order valence-electron chi connectivity index (χ4n) is 3.53. The van der Waals surface area contributed by atoms with Crippen LogP contribution in [0.5, 0.6) is 5.75 Å². The number of sulfonamides is 1. The van der Waals surface area contributed by atoms with Crippen molar-refractivity contribution in [3.63, 3.8) is 0 Å². The van der Waals surface area contributed by atoms with Gasteiger partial charge in [0.15, 0.2) is 0 Å². The summed E-state index contributed by atoms with van der Waals surface area (Å²) < 4.78 is 31.9. The van der Waals surface area contributed by atoms with Crippen molar-refractivity contribution in [1.29, 1.82) is 0 Å². The standard InChI is InChI=1S/C19H31ClN2O3S/c1-3-16(10-12-21-26(23,24)13-5-11-20)22-17-9-8-15-6-4-7-19(25-2)18(15)14-17/h4,6-7,16-17,21-22H,3,5,8-14H2,1-2H3. The summed E-state index contributed by atoms with van der Waals surface area (Å²) in [5.74, 6) is 1.43. The summed E-state index contributed by atoms with van der Waals surface area (Å²) in [6.45, 7) is 2.60. The smallest absolute Gasteiger partial charge is 0.211 e. The van der Waals surface area contributed by atoms with Crippen molar-refractivity contribution in [1.82, 2.24) is 10.0 Å². The van der Waals surface area contributed by atoms with Crippen LogP contribution in [0.4, 0.5) is 0 Å². The van der Waals surface area contributed by atoms with Crippen molar-refractivity contribution >= 4 is 21.6 Å². The maximum Gasteiger partial charge on any atom is 0.211 e. The van der Waals surface area contributed by atoms with Crippen molar-refractivity contribution in [2.24, 2.45) is 0 Å². The van der Waals surface area contributed by atoms with Crippen LogP contribution in [0.3, 0.4) is 0 Å². The molecule has 2 rings (SSSR count). The second-order valence-corrected chi connectivity index (χ2v) is 9.16. The first-order chi connectivity index (χ1) is 12.5. The molecule has 0 spiro atoms. The number of nitrogens with one attached hydrogen (secondary N) is 2. The molecule has 1 aromatic rings. The molecular formula is C19H31ClN2O3S. The van der Waals surface area contributed by atoms with E-state index < -0.39 is 10.0 Å².